The lowest BCUT2D eigenvalue weighted by molar-refractivity contribution is 0.0450. The number of esters is 2. The zero-order valence-electron chi connectivity index (χ0n) is 23.5. The quantitative estimate of drug-likeness (QED) is 0.125. The molecule has 0 saturated carbocycles. The first-order chi connectivity index (χ1) is 17.6. The van der Waals surface area contributed by atoms with Crippen molar-refractivity contribution in [2.75, 3.05) is 39.6 Å². The van der Waals surface area contributed by atoms with Gasteiger partial charge in [0.15, 0.2) is 0 Å². The summed E-state index contributed by atoms with van der Waals surface area (Å²) in [7, 11) is 0. The van der Waals surface area contributed by atoms with Crippen molar-refractivity contribution in [1.82, 2.24) is 0 Å². The first-order valence-corrected chi connectivity index (χ1v) is 14.2. The SMILES string of the molecule is CCCCCCCCOC(=O)c1ccccc1C(=O)OCCCCCCCC.CCOCCOCC. The second kappa shape index (κ2) is 26.2. The van der Waals surface area contributed by atoms with Crippen LogP contribution in [0.25, 0.3) is 0 Å². The van der Waals surface area contributed by atoms with Crippen molar-refractivity contribution in [1.29, 1.82) is 0 Å². The Labute approximate surface area is 220 Å². The van der Waals surface area contributed by atoms with E-state index in [9.17, 15) is 9.59 Å². The highest BCUT2D eigenvalue weighted by Crippen LogP contribution is 2.14. The number of rotatable bonds is 21. The number of unbranched alkanes of at least 4 members (excludes halogenated alkanes) is 10. The molecule has 0 bridgehead atoms. The van der Waals surface area contributed by atoms with Gasteiger partial charge in [-0.1, -0.05) is 90.2 Å². The molecule has 36 heavy (non-hydrogen) atoms. The molecule has 0 aromatic heterocycles. The predicted octanol–water partition coefficient (Wildman–Crippen LogP) is 7.78. The Hall–Kier alpha value is -1.92. The third-order valence-corrected chi connectivity index (χ3v) is 5.61. The summed E-state index contributed by atoms with van der Waals surface area (Å²) in [5, 5.41) is 0. The molecule has 0 fully saturated rings. The van der Waals surface area contributed by atoms with Gasteiger partial charge < -0.3 is 18.9 Å². The molecule has 208 valence electrons. The van der Waals surface area contributed by atoms with E-state index in [0.717, 1.165) is 52.1 Å². The lowest BCUT2D eigenvalue weighted by atomic mass is 10.1. The van der Waals surface area contributed by atoms with Gasteiger partial charge in [0.2, 0.25) is 0 Å². The summed E-state index contributed by atoms with van der Waals surface area (Å²) in [5.74, 6) is -0.888. The van der Waals surface area contributed by atoms with Gasteiger partial charge in [0.25, 0.3) is 0 Å². The molecule has 1 aromatic rings. The molecule has 0 amide bonds. The monoisotopic (exact) mass is 508 g/mol. The number of hydrogen-bond acceptors (Lipinski definition) is 6. The van der Waals surface area contributed by atoms with Gasteiger partial charge in [0.05, 0.1) is 37.6 Å². The molecule has 6 heteroatoms. The average Bonchev–Trinajstić information content (AvgIpc) is 2.90. The molecule has 0 unspecified atom stereocenters. The Balaban J connectivity index is 0.00000131. The van der Waals surface area contributed by atoms with Crippen LogP contribution in [0.1, 0.15) is 125 Å². The molecule has 0 atom stereocenters. The second-order valence-electron chi connectivity index (χ2n) is 8.75. The summed E-state index contributed by atoms with van der Waals surface area (Å²) in [6.07, 6.45) is 13.6. The van der Waals surface area contributed by atoms with E-state index in [-0.39, 0.29) is 0 Å². The first-order valence-electron chi connectivity index (χ1n) is 14.2. The van der Waals surface area contributed by atoms with Crippen LogP contribution in [0.4, 0.5) is 0 Å². The molecule has 0 radical (unpaired) electrons. The van der Waals surface area contributed by atoms with Gasteiger partial charge in [-0.15, -0.1) is 0 Å². The maximum absolute atomic E-state index is 12.4. The van der Waals surface area contributed by atoms with Gasteiger partial charge in [-0.2, -0.15) is 0 Å². The van der Waals surface area contributed by atoms with Crippen LogP contribution in [0, 0.1) is 0 Å². The smallest absolute Gasteiger partial charge is 0.339 e. The van der Waals surface area contributed by atoms with Crippen molar-refractivity contribution in [3.05, 3.63) is 35.4 Å². The fourth-order valence-corrected chi connectivity index (χ4v) is 3.50. The third kappa shape index (κ3) is 19.3. The van der Waals surface area contributed by atoms with Gasteiger partial charge in [-0.05, 0) is 38.8 Å². The van der Waals surface area contributed by atoms with Gasteiger partial charge in [0.1, 0.15) is 0 Å². The molecule has 0 spiro atoms. The Bertz CT molecular complexity index is 591. The topological polar surface area (TPSA) is 71.1 Å². The Morgan fingerprint density at radius 1 is 0.528 bits per heavy atom. The van der Waals surface area contributed by atoms with Gasteiger partial charge >= 0.3 is 11.9 Å². The van der Waals surface area contributed by atoms with Crippen LogP contribution in [0.5, 0.6) is 0 Å². The standard InChI is InChI=1S/C24H38O4.C6H14O2/c1-3-5-7-9-11-15-19-27-23(25)21-17-13-14-18-22(21)24(26)28-20-16-12-10-8-6-4-2;1-3-7-5-6-8-4-2/h13-14,17-18H,3-12,15-16,19-20H2,1-2H3;3-6H2,1-2H3. The highest BCUT2D eigenvalue weighted by molar-refractivity contribution is 6.03. The molecule has 0 N–H and O–H groups in total. The highest BCUT2D eigenvalue weighted by Gasteiger charge is 2.18. The predicted molar refractivity (Wildman–Crippen MR) is 147 cm³/mol. The third-order valence-electron chi connectivity index (χ3n) is 5.61. The molecule has 6 nitrogen and oxygen atoms in total. The van der Waals surface area contributed by atoms with Crippen molar-refractivity contribution in [3.8, 4) is 0 Å². The van der Waals surface area contributed by atoms with E-state index >= 15 is 0 Å². The Morgan fingerprint density at radius 2 is 0.889 bits per heavy atom. The molecule has 1 rings (SSSR count). The Kier molecular flexibility index (Phi) is 24.8. The van der Waals surface area contributed by atoms with Crippen LogP contribution in [0.2, 0.25) is 0 Å². The van der Waals surface area contributed by atoms with Crippen LogP contribution >= 0.6 is 0 Å². The summed E-state index contributed by atoms with van der Waals surface area (Å²) >= 11 is 0. The normalized spacial score (nSPS) is 10.4. The van der Waals surface area contributed by atoms with Crippen LogP contribution in [-0.2, 0) is 18.9 Å². The minimum atomic E-state index is -0.444. The van der Waals surface area contributed by atoms with E-state index in [1.807, 2.05) is 13.8 Å². The fraction of sp³-hybridized carbons (Fsp3) is 0.733. The van der Waals surface area contributed by atoms with E-state index in [0.29, 0.717) is 24.3 Å². The number of ether oxygens (including phenoxy) is 4. The van der Waals surface area contributed by atoms with Gasteiger partial charge in [-0.25, -0.2) is 9.59 Å². The molecular weight excluding hydrogens is 456 g/mol. The maximum atomic E-state index is 12.4. The molecule has 1 aromatic carbocycles. The second-order valence-corrected chi connectivity index (χ2v) is 8.75. The maximum Gasteiger partial charge on any atom is 0.339 e. The minimum absolute atomic E-state index is 0.293. The number of hydrogen-bond donors (Lipinski definition) is 0. The van der Waals surface area contributed by atoms with Crippen molar-refractivity contribution >= 4 is 11.9 Å². The first kappa shape index (κ1) is 34.1. The van der Waals surface area contributed by atoms with E-state index in [1.165, 1.54) is 51.4 Å². The molecular formula is C30H52O6. The van der Waals surface area contributed by atoms with E-state index in [4.69, 9.17) is 18.9 Å². The fourth-order valence-electron chi connectivity index (χ4n) is 3.50. The van der Waals surface area contributed by atoms with E-state index in [1.54, 1.807) is 24.3 Å². The lowest BCUT2D eigenvalue weighted by Crippen LogP contribution is -2.15. The summed E-state index contributed by atoms with van der Waals surface area (Å²) in [5.41, 5.74) is 0.586. The highest BCUT2D eigenvalue weighted by atomic mass is 16.5. The number of benzene rings is 1. The zero-order chi connectivity index (χ0) is 26.7. The van der Waals surface area contributed by atoms with Crippen LogP contribution in [0.3, 0.4) is 0 Å². The van der Waals surface area contributed by atoms with E-state index < -0.39 is 11.9 Å². The van der Waals surface area contributed by atoms with E-state index in [2.05, 4.69) is 13.8 Å². The lowest BCUT2D eigenvalue weighted by Gasteiger charge is -2.10. The summed E-state index contributed by atoms with van der Waals surface area (Å²) in [6.45, 7) is 12.2. The van der Waals surface area contributed by atoms with Crippen LogP contribution in [-0.4, -0.2) is 51.6 Å². The molecule has 0 aliphatic carbocycles. The molecule has 0 aliphatic rings. The van der Waals surface area contributed by atoms with Crippen LogP contribution < -0.4 is 0 Å². The zero-order valence-corrected chi connectivity index (χ0v) is 23.5. The van der Waals surface area contributed by atoms with Crippen molar-refractivity contribution in [2.45, 2.75) is 105 Å². The van der Waals surface area contributed by atoms with Crippen molar-refractivity contribution < 1.29 is 28.5 Å². The largest absolute Gasteiger partial charge is 0.462 e. The molecule has 0 heterocycles. The summed E-state index contributed by atoms with van der Waals surface area (Å²) < 4.78 is 20.7. The molecule has 0 aliphatic heterocycles. The average molecular weight is 509 g/mol. The van der Waals surface area contributed by atoms with Crippen molar-refractivity contribution in [2.24, 2.45) is 0 Å². The van der Waals surface area contributed by atoms with Crippen LogP contribution in [0.15, 0.2) is 24.3 Å². The minimum Gasteiger partial charge on any atom is -0.462 e. The van der Waals surface area contributed by atoms with Gasteiger partial charge in [-0.3, -0.25) is 0 Å². The summed E-state index contributed by atoms with van der Waals surface area (Å²) in [4.78, 5) is 24.7. The summed E-state index contributed by atoms with van der Waals surface area (Å²) in [6, 6.07) is 6.74. The molecule has 0 saturated heterocycles. The number of carbonyl (C=O) groups excluding carboxylic acids is 2. The Morgan fingerprint density at radius 3 is 1.25 bits per heavy atom. The van der Waals surface area contributed by atoms with Crippen molar-refractivity contribution in [3.63, 3.8) is 0 Å². The number of carbonyl (C=O) groups is 2. The van der Waals surface area contributed by atoms with Gasteiger partial charge in [0, 0.05) is 13.2 Å².